The molecule has 4 aliphatic rings. The number of rotatable bonds is 8. The zero-order valence-electron chi connectivity index (χ0n) is 19.3. The van der Waals surface area contributed by atoms with Crippen LogP contribution in [0.15, 0.2) is 5.38 Å². The lowest BCUT2D eigenvalue weighted by molar-refractivity contribution is -0.144. The Morgan fingerprint density at radius 2 is 2.00 bits per heavy atom. The van der Waals surface area contributed by atoms with Gasteiger partial charge < -0.3 is 20.3 Å². The van der Waals surface area contributed by atoms with Gasteiger partial charge in [-0.1, -0.05) is 6.92 Å². The molecule has 2 N–H and O–H groups in total. The number of amides is 2. The molecule has 1 aromatic rings. The van der Waals surface area contributed by atoms with Gasteiger partial charge in [0.1, 0.15) is 18.8 Å². The van der Waals surface area contributed by atoms with Gasteiger partial charge in [0.15, 0.2) is 5.13 Å². The molecule has 2 bridgehead atoms. The number of ether oxygens (including phenoxy) is 1. The van der Waals surface area contributed by atoms with Crippen molar-refractivity contribution in [2.75, 3.05) is 18.4 Å². The molecule has 184 valence electrons. The van der Waals surface area contributed by atoms with Crippen LogP contribution in [0.25, 0.3) is 0 Å². The number of nitrogens with zero attached hydrogens (tertiary/aromatic N) is 3. The molecule has 4 fully saturated rings. The third-order valence-electron chi connectivity index (χ3n) is 7.50. The lowest BCUT2D eigenvalue weighted by Crippen LogP contribution is -2.59. The van der Waals surface area contributed by atoms with E-state index in [1.807, 2.05) is 6.07 Å². The second kappa shape index (κ2) is 9.96. The first-order valence-corrected chi connectivity index (χ1v) is 12.7. The van der Waals surface area contributed by atoms with Gasteiger partial charge in [-0.25, -0.2) is 9.37 Å². The highest BCUT2D eigenvalue weighted by molar-refractivity contribution is 7.13. The third kappa shape index (κ3) is 5.08. The molecule has 2 atom stereocenters. The van der Waals surface area contributed by atoms with Crippen LogP contribution in [0.2, 0.25) is 0 Å². The number of carbonyl (C=O) groups is 3. The summed E-state index contributed by atoms with van der Waals surface area (Å²) >= 11 is 1.31. The molecule has 0 radical (unpaired) electrons. The topological polar surface area (TPSA) is 124 Å². The van der Waals surface area contributed by atoms with Crippen LogP contribution in [0.4, 0.5) is 9.52 Å². The number of halogens is 1. The van der Waals surface area contributed by atoms with Crippen molar-refractivity contribution in [3.8, 4) is 6.07 Å². The van der Waals surface area contributed by atoms with Crippen molar-refractivity contribution in [2.45, 2.75) is 82.6 Å². The number of carbonyl (C=O) groups excluding carboxylic acids is 3. The van der Waals surface area contributed by atoms with E-state index in [1.54, 1.807) is 12.3 Å². The van der Waals surface area contributed by atoms with Gasteiger partial charge >= 0.3 is 5.97 Å². The van der Waals surface area contributed by atoms with Gasteiger partial charge in [0.05, 0.1) is 24.9 Å². The molecule has 0 spiro atoms. The highest BCUT2D eigenvalue weighted by Gasteiger charge is 2.52. The zero-order valence-corrected chi connectivity index (χ0v) is 20.1. The number of esters is 1. The van der Waals surface area contributed by atoms with Crippen molar-refractivity contribution in [2.24, 2.45) is 5.41 Å². The average Bonchev–Trinajstić information content (AvgIpc) is 3.47. The molecule has 2 amide bonds. The minimum atomic E-state index is -1.14. The van der Waals surface area contributed by atoms with Crippen molar-refractivity contribution >= 4 is 34.3 Å². The highest BCUT2D eigenvalue weighted by atomic mass is 32.1. The number of hydrogen-bond donors (Lipinski definition) is 2. The van der Waals surface area contributed by atoms with E-state index in [9.17, 15) is 24.0 Å². The Labute approximate surface area is 202 Å². The summed E-state index contributed by atoms with van der Waals surface area (Å²) in [5.74, 6) is -0.575. The van der Waals surface area contributed by atoms with Crippen molar-refractivity contribution in [1.82, 2.24) is 15.2 Å². The van der Waals surface area contributed by atoms with E-state index in [1.165, 1.54) is 16.2 Å². The fourth-order valence-corrected chi connectivity index (χ4v) is 5.95. The molecule has 0 unspecified atom stereocenters. The molecular weight excluding hydrogens is 461 g/mol. The van der Waals surface area contributed by atoms with Crippen LogP contribution in [0.5, 0.6) is 0 Å². The second-order valence-electron chi connectivity index (χ2n) is 9.55. The van der Waals surface area contributed by atoms with Crippen LogP contribution < -0.4 is 10.6 Å². The van der Waals surface area contributed by atoms with Gasteiger partial charge in [-0.05, 0) is 38.5 Å². The van der Waals surface area contributed by atoms with Crippen LogP contribution in [0.3, 0.4) is 0 Å². The van der Waals surface area contributed by atoms with Crippen LogP contribution >= 0.6 is 11.3 Å². The number of fused-ring (bicyclic) bond motifs is 3. The maximum absolute atomic E-state index is 13.6. The number of nitriles is 1. The molecule has 3 saturated carbocycles. The van der Waals surface area contributed by atoms with Gasteiger partial charge in [-0.2, -0.15) is 5.26 Å². The standard InChI is InChI=1S/C23H30FN5O4S/c1-2-19(31)33-13-16-14-34-21(27-16)28-20(32)22-3-6-23(7-4-22,8-5-22)26-11-18(30)29-12-15(24)9-17(29)10-25/h14-15,17,26H,2-9,11-13H2,1H3,(H,27,28,32)/t15-,17-,22?,23?/m0/s1. The number of thiazole rings is 1. The fraction of sp³-hybridized carbons (Fsp3) is 0.696. The molecule has 11 heteroatoms. The molecule has 0 aromatic carbocycles. The Kier molecular flexibility index (Phi) is 7.19. The highest BCUT2D eigenvalue weighted by Crippen LogP contribution is 2.52. The van der Waals surface area contributed by atoms with Crippen LogP contribution in [0, 0.1) is 16.7 Å². The summed E-state index contributed by atoms with van der Waals surface area (Å²) in [4.78, 5) is 42.7. The molecule has 1 aliphatic heterocycles. The summed E-state index contributed by atoms with van der Waals surface area (Å²) in [6.45, 7) is 1.88. The first kappa shape index (κ1) is 24.5. The number of anilines is 1. The van der Waals surface area contributed by atoms with E-state index in [0.29, 0.717) is 36.5 Å². The number of likely N-dealkylation sites (tertiary alicyclic amines) is 1. The molecule has 5 rings (SSSR count). The zero-order chi connectivity index (χ0) is 24.3. The Morgan fingerprint density at radius 3 is 2.65 bits per heavy atom. The van der Waals surface area contributed by atoms with E-state index < -0.39 is 17.6 Å². The molecule has 1 saturated heterocycles. The summed E-state index contributed by atoms with van der Waals surface area (Å²) in [5, 5.41) is 17.8. The third-order valence-corrected chi connectivity index (χ3v) is 8.31. The van der Waals surface area contributed by atoms with E-state index >= 15 is 0 Å². The fourth-order valence-electron chi connectivity index (χ4n) is 5.26. The molecule has 3 aliphatic carbocycles. The smallest absolute Gasteiger partial charge is 0.305 e. The van der Waals surface area contributed by atoms with Gasteiger partial charge in [-0.15, -0.1) is 11.3 Å². The predicted octanol–water partition coefficient (Wildman–Crippen LogP) is 2.68. The molecule has 2 heterocycles. The maximum Gasteiger partial charge on any atom is 0.305 e. The van der Waals surface area contributed by atoms with Crippen molar-refractivity contribution < 1.29 is 23.5 Å². The minimum absolute atomic E-state index is 0.0193. The monoisotopic (exact) mass is 491 g/mol. The van der Waals surface area contributed by atoms with E-state index in [4.69, 9.17) is 4.74 Å². The Bertz CT molecular complexity index is 968. The summed E-state index contributed by atoms with van der Waals surface area (Å²) < 4.78 is 18.7. The molecule has 9 nitrogen and oxygen atoms in total. The number of hydrogen-bond acceptors (Lipinski definition) is 8. The SMILES string of the molecule is CCC(=O)OCc1csc(NC(=O)C23CCC(NCC(=O)N4C[C@@H](F)C[C@H]4C#N)(CC2)CC3)n1. The number of aromatic nitrogens is 1. The summed E-state index contributed by atoms with van der Waals surface area (Å²) in [7, 11) is 0. The van der Waals surface area contributed by atoms with E-state index in [-0.39, 0.29) is 49.4 Å². The van der Waals surface area contributed by atoms with Crippen molar-refractivity contribution in [1.29, 1.82) is 5.26 Å². The van der Waals surface area contributed by atoms with Crippen molar-refractivity contribution in [3.05, 3.63) is 11.1 Å². The maximum atomic E-state index is 13.6. The van der Waals surface area contributed by atoms with Crippen molar-refractivity contribution in [3.63, 3.8) is 0 Å². The predicted molar refractivity (Wildman–Crippen MR) is 122 cm³/mol. The van der Waals surface area contributed by atoms with E-state index in [2.05, 4.69) is 15.6 Å². The molecular formula is C23H30FN5O4S. The quantitative estimate of drug-likeness (QED) is 0.536. The summed E-state index contributed by atoms with van der Waals surface area (Å²) in [6.07, 6.45) is 3.70. The number of alkyl halides is 1. The lowest BCUT2D eigenvalue weighted by atomic mass is 9.57. The van der Waals surface area contributed by atoms with Gasteiger partial charge in [-0.3, -0.25) is 14.4 Å². The number of nitrogens with one attached hydrogen (secondary N) is 2. The Morgan fingerprint density at radius 1 is 1.29 bits per heavy atom. The molecule has 1 aromatic heterocycles. The van der Waals surface area contributed by atoms with E-state index in [0.717, 1.165) is 19.3 Å². The normalized spacial score (nSPS) is 30.1. The first-order chi connectivity index (χ1) is 16.3. The summed E-state index contributed by atoms with van der Waals surface area (Å²) in [6, 6.07) is 1.32. The lowest BCUT2D eigenvalue weighted by Gasteiger charge is -2.52. The van der Waals surface area contributed by atoms with Crippen LogP contribution in [0.1, 0.15) is 64.0 Å². The average molecular weight is 492 g/mol. The summed E-state index contributed by atoms with van der Waals surface area (Å²) in [5.41, 5.74) is -0.0434. The largest absolute Gasteiger partial charge is 0.459 e. The van der Waals surface area contributed by atoms with Gasteiger partial charge in [0.25, 0.3) is 0 Å². The Hall–Kier alpha value is -2.58. The minimum Gasteiger partial charge on any atom is -0.459 e. The second-order valence-corrected chi connectivity index (χ2v) is 10.4. The molecule has 34 heavy (non-hydrogen) atoms. The van der Waals surface area contributed by atoms with Crippen LogP contribution in [-0.2, 0) is 25.7 Å². The Balaban J connectivity index is 1.27. The van der Waals surface area contributed by atoms with Gasteiger partial charge in [0.2, 0.25) is 11.8 Å². The van der Waals surface area contributed by atoms with Crippen LogP contribution in [-0.4, -0.2) is 58.5 Å². The van der Waals surface area contributed by atoms with Gasteiger partial charge in [0, 0.05) is 29.2 Å². The first-order valence-electron chi connectivity index (χ1n) is 11.8.